The fourth-order valence-corrected chi connectivity index (χ4v) is 3.20. The number of carbonyl (C=O) groups is 2. The van der Waals surface area contributed by atoms with Gasteiger partial charge in [0.15, 0.2) is 5.78 Å². The first-order valence-electron chi connectivity index (χ1n) is 7.68. The molecule has 4 rings (SSSR count). The lowest BCUT2D eigenvalue weighted by Crippen LogP contribution is -2.41. The van der Waals surface area contributed by atoms with E-state index in [-0.39, 0.29) is 11.7 Å². The van der Waals surface area contributed by atoms with Crippen LogP contribution in [0.25, 0.3) is 0 Å². The number of nitrogens with zero attached hydrogens (tertiary/aromatic N) is 2. The minimum Gasteiger partial charge on any atom is -0.364 e. The van der Waals surface area contributed by atoms with Crippen molar-refractivity contribution < 1.29 is 9.59 Å². The second kappa shape index (κ2) is 5.12. The highest BCUT2D eigenvalue weighted by atomic mass is 16.2. The average Bonchev–Trinajstić information content (AvgIpc) is 3.05. The van der Waals surface area contributed by atoms with E-state index in [0.29, 0.717) is 17.8 Å². The van der Waals surface area contributed by atoms with Crippen molar-refractivity contribution in [2.45, 2.75) is 25.3 Å². The topological polar surface area (TPSA) is 74.7 Å². The molecule has 114 valence electrons. The molecule has 0 fully saturated rings. The number of hydrogen-bond donors (Lipinski definition) is 1. The maximum Gasteiger partial charge on any atom is 0.271 e. The molecule has 2 atom stereocenters. The molecule has 2 aliphatic rings. The van der Waals surface area contributed by atoms with Crippen LogP contribution in [0.2, 0.25) is 0 Å². The van der Waals surface area contributed by atoms with Gasteiger partial charge in [0.2, 0.25) is 0 Å². The number of Topliss-reactive ketones (excluding diaryl/α,β-unsaturated/α-hetero) is 1. The number of aliphatic imine (C=N–C) groups is 2. The molecule has 5 nitrogen and oxygen atoms in total. The number of nitrogens with one attached hydrogen (secondary N) is 1. The number of amides is 1. The lowest BCUT2D eigenvalue weighted by molar-refractivity contribution is -0.119. The molecule has 0 radical (unpaired) electrons. The molecule has 1 aliphatic heterocycles. The van der Waals surface area contributed by atoms with Crippen molar-refractivity contribution in [3.63, 3.8) is 0 Å². The van der Waals surface area contributed by atoms with Crippen LogP contribution in [-0.2, 0) is 9.59 Å². The van der Waals surface area contributed by atoms with Crippen molar-refractivity contribution >= 4 is 23.1 Å². The highest BCUT2D eigenvalue weighted by molar-refractivity contribution is 6.74. The average molecular weight is 305 g/mol. The van der Waals surface area contributed by atoms with E-state index in [9.17, 15) is 9.59 Å². The van der Waals surface area contributed by atoms with Gasteiger partial charge in [0.1, 0.15) is 17.5 Å². The van der Waals surface area contributed by atoms with Gasteiger partial charge in [-0.15, -0.1) is 0 Å². The zero-order valence-electron chi connectivity index (χ0n) is 12.6. The first kappa shape index (κ1) is 13.8. The Labute approximate surface area is 133 Å². The molecular weight excluding hydrogens is 290 g/mol. The van der Waals surface area contributed by atoms with E-state index in [2.05, 4.69) is 15.0 Å². The lowest BCUT2D eigenvalue weighted by Gasteiger charge is -2.27. The van der Waals surface area contributed by atoms with Crippen molar-refractivity contribution in [1.82, 2.24) is 4.98 Å². The van der Waals surface area contributed by atoms with Gasteiger partial charge >= 0.3 is 0 Å². The Morgan fingerprint density at radius 2 is 1.87 bits per heavy atom. The summed E-state index contributed by atoms with van der Waals surface area (Å²) in [6, 6.07) is 10.9. The summed E-state index contributed by atoms with van der Waals surface area (Å²) < 4.78 is 0. The monoisotopic (exact) mass is 305 g/mol. The summed E-state index contributed by atoms with van der Waals surface area (Å²) in [5.41, 5.74) is 3.22. The highest BCUT2D eigenvalue weighted by Gasteiger charge is 2.41. The predicted octanol–water partition coefficient (Wildman–Crippen LogP) is 2.28. The summed E-state index contributed by atoms with van der Waals surface area (Å²) in [5, 5.41) is 0. The summed E-state index contributed by atoms with van der Waals surface area (Å²) in [4.78, 5) is 36.8. The summed E-state index contributed by atoms with van der Waals surface area (Å²) in [6.45, 7) is 1.87. The van der Waals surface area contributed by atoms with Crippen LogP contribution in [0.3, 0.4) is 0 Å². The molecule has 1 aromatic carbocycles. The fourth-order valence-electron chi connectivity index (χ4n) is 3.20. The van der Waals surface area contributed by atoms with Crippen molar-refractivity contribution in [3.05, 3.63) is 59.4 Å². The van der Waals surface area contributed by atoms with Crippen LogP contribution in [-0.4, -0.2) is 34.1 Å². The van der Waals surface area contributed by atoms with Crippen LogP contribution in [0.4, 0.5) is 0 Å². The Balaban J connectivity index is 1.92. The summed E-state index contributed by atoms with van der Waals surface area (Å²) in [6.07, 6.45) is 2.32. The number of benzene rings is 1. The Kier molecular flexibility index (Phi) is 3.08. The van der Waals surface area contributed by atoms with Crippen LogP contribution in [0.15, 0.2) is 52.6 Å². The molecule has 0 saturated heterocycles. The summed E-state index contributed by atoms with van der Waals surface area (Å²) >= 11 is 0. The van der Waals surface area contributed by atoms with E-state index in [1.807, 2.05) is 43.3 Å². The van der Waals surface area contributed by atoms with Crippen molar-refractivity contribution in [2.75, 3.05) is 0 Å². The molecule has 0 spiro atoms. The van der Waals surface area contributed by atoms with Crippen LogP contribution in [0.1, 0.15) is 36.1 Å². The van der Waals surface area contributed by atoms with Crippen LogP contribution >= 0.6 is 0 Å². The van der Waals surface area contributed by atoms with E-state index < -0.39 is 12.0 Å². The third-order valence-electron chi connectivity index (χ3n) is 4.35. The number of fused-ring (bicyclic) bond motifs is 3. The van der Waals surface area contributed by atoms with Crippen LogP contribution < -0.4 is 0 Å². The molecule has 2 heterocycles. The normalized spacial score (nSPS) is 23.0. The molecule has 23 heavy (non-hydrogen) atoms. The number of H-pyrrole nitrogens is 1. The van der Waals surface area contributed by atoms with E-state index in [0.717, 1.165) is 16.8 Å². The van der Waals surface area contributed by atoms with Gasteiger partial charge in [-0.2, -0.15) is 0 Å². The van der Waals surface area contributed by atoms with E-state index in [4.69, 9.17) is 0 Å². The minimum absolute atomic E-state index is 0.101. The van der Waals surface area contributed by atoms with Gasteiger partial charge in [-0.3, -0.25) is 14.6 Å². The Hall–Kier alpha value is -2.82. The smallest absolute Gasteiger partial charge is 0.271 e. The number of aromatic amines is 1. The molecule has 1 aromatic heterocycles. The molecule has 0 saturated carbocycles. The molecule has 2 aromatic rings. The van der Waals surface area contributed by atoms with Crippen molar-refractivity contribution in [3.8, 4) is 0 Å². The Morgan fingerprint density at radius 1 is 1.09 bits per heavy atom. The van der Waals surface area contributed by atoms with Crippen molar-refractivity contribution in [2.24, 2.45) is 9.98 Å². The summed E-state index contributed by atoms with van der Waals surface area (Å²) in [5.74, 6) is -0.801. The third-order valence-corrected chi connectivity index (χ3v) is 4.35. The standard InChI is InChI=1S/C18H15N3O2/c1-2-12-18(23)21-15-11-8-9-19-14(11)13(17(22)16(15)20-12)10-6-4-3-5-7-10/h3-9,12-13,19H,2H2,1H3. The van der Waals surface area contributed by atoms with E-state index in [1.54, 1.807) is 6.20 Å². The fraction of sp³-hybridized carbons (Fsp3) is 0.222. The molecule has 2 unspecified atom stereocenters. The maximum atomic E-state index is 13.0. The van der Waals surface area contributed by atoms with Gasteiger partial charge in [-0.1, -0.05) is 37.3 Å². The zero-order valence-corrected chi connectivity index (χ0v) is 12.6. The highest BCUT2D eigenvalue weighted by Crippen LogP contribution is 2.34. The number of ketones is 1. The SMILES string of the molecule is CCC1N=C2C(=O)C(c3ccccc3)c3[nH]ccc3C2=NC1=O. The second-order valence-corrected chi connectivity index (χ2v) is 5.71. The van der Waals surface area contributed by atoms with Gasteiger partial charge in [-0.05, 0) is 18.1 Å². The van der Waals surface area contributed by atoms with Crippen molar-refractivity contribution in [1.29, 1.82) is 0 Å². The molecular formula is C18H15N3O2. The summed E-state index contributed by atoms with van der Waals surface area (Å²) in [7, 11) is 0. The van der Waals surface area contributed by atoms with E-state index in [1.165, 1.54) is 0 Å². The number of hydrogen-bond acceptors (Lipinski definition) is 3. The molecule has 5 heteroatoms. The van der Waals surface area contributed by atoms with E-state index >= 15 is 0 Å². The Bertz CT molecular complexity index is 861. The number of carbonyl (C=O) groups excluding carboxylic acids is 2. The zero-order chi connectivity index (χ0) is 16.0. The molecule has 1 amide bonds. The number of rotatable bonds is 2. The number of aromatic nitrogens is 1. The molecule has 1 N–H and O–H groups in total. The Morgan fingerprint density at radius 3 is 2.61 bits per heavy atom. The minimum atomic E-state index is -0.547. The quantitative estimate of drug-likeness (QED) is 0.924. The van der Waals surface area contributed by atoms with Gasteiger partial charge in [0.25, 0.3) is 5.91 Å². The predicted molar refractivity (Wildman–Crippen MR) is 87.1 cm³/mol. The van der Waals surface area contributed by atoms with Crippen LogP contribution in [0.5, 0.6) is 0 Å². The largest absolute Gasteiger partial charge is 0.364 e. The van der Waals surface area contributed by atoms with Gasteiger partial charge in [0, 0.05) is 17.5 Å². The second-order valence-electron chi connectivity index (χ2n) is 5.71. The van der Waals surface area contributed by atoms with Gasteiger partial charge < -0.3 is 4.98 Å². The third kappa shape index (κ3) is 2.00. The first-order chi connectivity index (χ1) is 11.2. The van der Waals surface area contributed by atoms with Crippen LogP contribution in [0, 0.1) is 0 Å². The first-order valence-corrected chi connectivity index (χ1v) is 7.68. The molecule has 0 bridgehead atoms. The van der Waals surface area contributed by atoms with Gasteiger partial charge in [-0.25, -0.2) is 4.99 Å². The maximum absolute atomic E-state index is 13.0. The lowest BCUT2D eigenvalue weighted by atomic mass is 9.79. The molecule has 1 aliphatic carbocycles. The van der Waals surface area contributed by atoms with Gasteiger partial charge in [0.05, 0.1) is 5.92 Å².